The molecule has 2 aromatic rings. The van der Waals surface area contributed by atoms with Gasteiger partial charge in [-0.3, -0.25) is 0 Å². The van der Waals surface area contributed by atoms with E-state index < -0.39 is 5.97 Å². The highest BCUT2D eigenvalue weighted by Gasteiger charge is 2.19. The Hall–Kier alpha value is -3.01. The zero-order valence-corrected chi connectivity index (χ0v) is 12.7. The van der Waals surface area contributed by atoms with Crippen LogP contribution in [-0.4, -0.2) is 18.2 Å². The molecule has 0 saturated carbocycles. The molecule has 2 aromatic carbocycles. The lowest BCUT2D eigenvalue weighted by Gasteiger charge is -2.11. The van der Waals surface area contributed by atoms with Gasteiger partial charge >= 0.3 is 5.97 Å². The molecule has 1 heterocycles. The molecule has 4 nitrogen and oxygen atoms in total. The van der Waals surface area contributed by atoms with E-state index >= 15 is 0 Å². The summed E-state index contributed by atoms with van der Waals surface area (Å²) < 4.78 is 11.2. The van der Waals surface area contributed by atoms with Crippen molar-refractivity contribution in [3.8, 4) is 11.5 Å². The summed E-state index contributed by atoms with van der Waals surface area (Å²) >= 11 is 0. The molecule has 1 N–H and O–H groups in total. The summed E-state index contributed by atoms with van der Waals surface area (Å²) in [4.78, 5) is 10.7. The van der Waals surface area contributed by atoms with Crippen LogP contribution in [0.5, 0.6) is 11.5 Å². The van der Waals surface area contributed by atoms with Gasteiger partial charge in [0.25, 0.3) is 0 Å². The number of aliphatic carboxylic acids is 1. The Morgan fingerprint density at radius 3 is 2.83 bits per heavy atom. The highest BCUT2D eigenvalue weighted by molar-refractivity contribution is 5.87. The predicted octanol–water partition coefficient (Wildman–Crippen LogP) is 3.66. The molecule has 0 bridgehead atoms. The number of carboxylic acids is 1. The molecule has 0 atom stereocenters. The van der Waals surface area contributed by atoms with E-state index in [1.165, 1.54) is 6.08 Å². The van der Waals surface area contributed by atoms with E-state index in [2.05, 4.69) is 0 Å². The fourth-order valence-corrected chi connectivity index (χ4v) is 2.59. The topological polar surface area (TPSA) is 55.8 Å². The smallest absolute Gasteiger partial charge is 0.328 e. The fraction of sp³-hybridized carbons (Fsp3) is 0.105. The van der Waals surface area contributed by atoms with Gasteiger partial charge in [-0.1, -0.05) is 36.4 Å². The average Bonchev–Trinajstić information content (AvgIpc) is 2.71. The third-order valence-electron chi connectivity index (χ3n) is 3.67. The summed E-state index contributed by atoms with van der Waals surface area (Å²) in [5, 5.41) is 8.81. The van der Waals surface area contributed by atoms with E-state index in [9.17, 15) is 4.79 Å². The van der Waals surface area contributed by atoms with E-state index in [4.69, 9.17) is 14.6 Å². The molecule has 3 rings (SSSR count). The van der Waals surface area contributed by atoms with Gasteiger partial charge in [0, 0.05) is 11.6 Å². The van der Waals surface area contributed by atoms with Crippen LogP contribution in [0, 0.1) is 0 Å². The van der Waals surface area contributed by atoms with Crippen LogP contribution in [0.25, 0.3) is 5.57 Å². The summed E-state index contributed by atoms with van der Waals surface area (Å²) in [6, 6.07) is 13.6. The summed E-state index contributed by atoms with van der Waals surface area (Å²) in [6.45, 7) is 0.468. The minimum atomic E-state index is -0.981. The Morgan fingerprint density at radius 1 is 1.22 bits per heavy atom. The Bertz CT molecular complexity index is 803. The zero-order chi connectivity index (χ0) is 16.2. The van der Waals surface area contributed by atoms with Crippen molar-refractivity contribution in [3.63, 3.8) is 0 Å². The van der Waals surface area contributed by atoms with Crippen molar-refractivity contribution in [3.05, 3.63) is 77.4 Å². The molecule has 0 unspecified atom stereocenters. The molecule has 116 valence electrons. The van der Waals surface area contributed by atoms with Crippen LogP contribution >= 0.6 is 0 Å². The van der Waals surface area contributed by atoms with Crippen molar-refractivity contribution >= 4 is 11.5 Å². The monoisotopic (exact) mass is 308 g/mol. The number of benzene rings is 2. The second-order valence-electron chi connectivity index (χ2n) is 5.09. The molecular weight excluding hydrogens is 292 g/mol. The second-order valence-corrected chi connectivity index (χ2v) is 5.09. The SMILES string of the molecule is COc1ccc2c(c1)/C(=C/C=C/C(=O)O)c1ccccc1CO2. The molecule has 1 aliphatic heterocycles. The van der Waals surface area contributed by atoms with Crippen LogP contribution in [0.1, 0.15) is 16.7 Å². The highest BCUT2D eigenvalue weighted by atomic mass is 16.5. The lowest BCUT2D eigenvalue weighted by molar-refractivity contribution is -0.131. The number of hydrogen-bond donors (Lipinski definition) is 1. The second kappa shape index (κ2) is 6.40. The van der Waals surface area contributed by atoms with Crippen molar-refractivity contribution in [2.75, 3.05) is 7.11 Å². The molecule has 0 amide bonds. The summed E-state index contributed by atoms with van der Waals surface area (Å²) in [7, 11) is 1.61. The van der Waals surface area contributed by atoms with Gasteiger partial charge in [0.05, 0.1) is 7.11 Å². The molecule has 0 radical (unpaired) electrons. The van der Waals surface area contributed by atoms with Gasteiger partial charge in [-0.2, -0.15) is 0 Å². The van der Waals surface area contributed by atoms with Gasteiger partial charge in [-0.15, -0.1) is 0 Å². The van der Waals surface area contributed by atoms with Gasteiger partial charge in [0.15, 0.2) is 0 Å². The van der Waals surface area contributed by atoms with Gasteiger partial charge in [0.1, 0.15) is 18.1 Å². The van der Waals surface area contributed by atoms with Crippen molar-refractivity contribution < 1.29 is 19.4 Å². The van der Waals surface area contributed by atoms with Crippen LogP contribution in [0.3, 0.4) is 0 Å². The van der Waals surface area contributed by atoms with E-state index in [0.29, 0.717) is 6.61 Å². The van der Waals surface area contributed by atoms with E-state index in [1.807, 2.05) is 42.5 Å². The first-order valence-corrected chi connectivity index (χ1v) is 7.20. The molecule has 0 aromatic heterocycles. The number of carbonyl (C=O) groups is 1. The Labute approximate surface area is 134 Å². The van der Waals surface area contributed by atoms with E-state index in [0.717, 1.165) is 39.8 Å². The number of allylic oxidation sites excluding steroid dienone is 2. The average molecular weight is 308 g/mol. The van der Waals surface area contributed by atoms with Crippen LogP contribution in [0.15, 0.2) is 60.7 Å². The number of ether oxygens (including phenoxy) is 2. The van der Waals surface area contributed by atoms with Crippen molar-refractivity contribution in [1.29, 1.82) is 0 Å². The first-order valence-electron chi connectivity index (χ1n) is 7.20. The Balaban J connectivity index is 2.20. The zero-order valence-electron chi connectivity index (χ0n) is 12.7. The largest absolute Gasteiger partial charge is 0.497 e. The predicted molar refractivity (Wildman–Crippen MR) is 87.6 cm³/mol. The van der Waals surface area contributed by atoms with Crippen LogP contribution in [0.2, 0.25) is 0 Å². The molecule has 0 aliphatic carbocycles. The molecular formula is C19H16O4. The maximum atomic E-state index is 10.7. The van der Waals surface area contributed by atoms with Crippen LogP contribution in [0.4, 0.5) is 0 Å². The highest BCUT2D eigenvalue weighted by Crippen LogP contribution is 2.38. The maximum absolute atomic E-state index is 10.7. The minimum absolute atomic E-state index is 0.468. The van der Waals surface area contributed by atoms with Crippen molar-refractivity contribution in [2.45, 2.75) is 6.61 Å². The minimum Gasteiger partial charge on any atom is -0.497 e. The summed E-state index contributed by atoms with van der Waals surface area (Å²) in [5.41, 5.74) is 3.86. The normalized spacial score (nSPS) is 14.7. The van der Waals surface area contributed by atoms with Gasteiger partial charge in [-0.05, 0) is 34.9 Å². The first-order chi connectivity index (χ1) is 11.2. The number of fused-ring (bicyclic) bond motifs is 2. The quantitative estimate of drug-likeness (QED) is 0.879. The maximum Gasteiger partial charge on any atom is 0.328 e. The van der Waals surface area contributed by atoms with Gasteiger partial charge in [-0.25, -0.2) is 4.79 Å². The molecule has 23 heavy (non-hydrogen) atoms. The Morgan fingerprint density at radius 2 is 2.04 bits per heavy atom. The molecule has 4 heteroatoms. The fourth-order valence-electron chi connectivity index (χ4n) is 2.59. The molecule has 0 fully saturated rings. The van der Waals surface area contributed by atoms with Crippen LogP contribution < -0.4 is 9.47 Å². The lowest BCUT2D eigenvalue weighted by Crippen LogP contribution is -1.94. The van der Waals surface area contributed by atoms with Crippen LogP contribution in [-0.2, 0) is 11.4 Å². The third kappa shape index (κ3) is 3.11. The summed E-state index contributed by atoms with van der Waals surface area (Å²) in [5.74, 6) is 0.489. The number of carboxylic acid groups (broad SMARTS) is 1. The molecule has 0 spiro atoms. The number of methoxy groups -OCH3 is 1. The Kier molecular flexibility index (Phi) is 4.15. The third-order valence-corrected chi connectivity index (χ3v) is 3.67. The van der Waals surface area contributed by atoms with Gasteiger partial charge < -0.3 is 14.6 Å². The van der Waals surface area contributed by atoms with E-state index in [-0.39, 0.29) is 0 Å². The van der Waals surface area contributed by atoms with Crippen molar-refractivity contribution in [1.82, 2.24) is 0 Å². The number of rotatable bonds is 3. The number of hydrogen-bond acceptors (Lipinski definition) is 3. The standard InChI is InChI=1S/C19H16O4/c1-22-14-9-10-18-17(11-14)16(7-4-8-19(20)21)15-6-3-2-5-13(15)12-23-18/h2-11H,12H2,1H3,(H,20,21)/b8-4+,16-7+. The van der Waals surface area contributed by atoms with Crippen molar-refractivity contribution in [2.24, 2.45) is 0 Å². The molecule has 1 aliphatic rings. The summed E-state index contributed by atoms with van der Waals surface area (Å²) in [6.07, 6.45) is 4.43. The lowest BCUT2D eigenvalue weighted by atomic mass is 9.94. The molecule has 0 saturated heterocycles. The first kappa shape index (κ1) is 14.9. The van der Waals surface area contributed by atoms with E-state index in [1.54, 1.807) is 13.2 Å². The van der Waals surface area contributed by atoms with Gasteiger partial charge in [0.2, 0.25) is 0 Å².